The molecule has 0 aromatic heterocycles. The average Bonchev–Trinajstić information content (AvgIpc) is 2.49. The molecule has 1 aromatic rings. The number of rotatable bonds is 6. The van der Waals surface area contributed by atoms with E-state index in [1.165, 1.54) is 0 Å². The molecule has 0 heterocycles. The molecular weight excluding hydrogens is 306 g/mol. The Hall–Kier alpha value is -0.710. The number of hydrogen-bond donors (Lipinski definition) is 2. The second-order valence-electron chi connectivity index (χ2n) is 5.53. The lowest BCUT2D eigenvalue weighted by Crippen LogP contribution is -2.32. The number of nitrogens with one attached hydrogen (secondary N) is 1. The minimum Gasteiger partial charge on any atom is -0.393 e. The van der Waals surface area contributed by atoms with Gasteiger partial charge in [-0.05, 0) is 55.9 Å². The van der Waals surface area contributed by atoms with Gasteiger partial charge >= 0.3 is 0 Å². The summed E-state index contributed by atoms with van der Waals surface area (Å²) in [5, 5.41) is 13.2. The summed E-state index contributed by atoms with van der Waals surface area (Å²) in [5.41, 5.74) is 0. The van der Waals surface area contributed by atoms with Crippen molar-refractivity contribution < 1.29 is 9.90 Å². The standard InChI is InChI=1S/C16H22ClNO2S/c17-13-3-7-15(8-4-13)21-10-9-16(20)18-11-12-1-5-14(19)6-2-12/h3-4,7-8,12,14,19H,1-2,5-6,9-11H2,(H,18,20). The van der Waals surface area contributed by atoms with Gasteiger partial charge in [-0.1, -0.05) is 11.6 Å². The van der Waals surface area contributed by atoms with Crippen molar-refractivity contribution >= 4 is 29.3 Å². The summed E-state index contributed by atoms with van der Waals surface area (Å²) < 4.78 is 0. The molecule has 5 heteroatoms. The number of carbonyl (C=O) groups excluding carboxylic acids is 1. The van der Waals surface area contributed by atoms with Crippen molar-refractivity contribution in [3.8, 4) is 0 Å². The molecule has 0 saturated heterocycles. The van der Waals surface area contributed by atoms with Gasteiger partial charge in [-0.3, -0.25) is 4.79 Å². The monoisotopic (exact) mass is 327 g/mol. The molecule has 1 aromatic carbocycles. The van der Waals surface area contributed by atoms with Crippen LogP contribution in [0.25, 0.3) is 0 Å². The van der Waals surface area contributed by atoms with Crippen LogP contribution < -0.4 is 5.32 Å². The number of halogens is 1. The summed E-state index contributed by atoms with van der Waals surface area (Å²) in [5.74, 6) is 1.42. The molecule has 0 radical (unpaired) electrons. The zero-order valence-electron chi connectivity index (χ0n) is 12.1. The molecule has 1 saturated carbocycles. The number of benzene rings is 1. The lowest BCUT2D eigenvalue weighted by Gasteiger charge is -2.25. The van der Waals surface area contributed by atoms with E-state index in [1.54, 1.807) is 11.8 Å². The van der Waals surface area contributed by atoms with E-state index in [0.717, 1.165) is 47.9 Å². The predicted molar refractivity (Wildman–Crippen MR) is 87.8 cm³/mol. The van der Waals surface area contributed by atoms with Gasteiger partial charge in [-0.25, -0.2) is 0 Å². The number of thioether (sulfide) groups is 1. The van der Waals surface area contributed by atoms with Crippen LogP contribution >= 0.6 is 23.4 Å². The third-order valence-electron chi connectivity index (χ3n) is 3.82. The zero-order chi connectivity index (χ0) is 15.1. The Kier molecular flexibility index (Phi) is 6.87. The largest absolute Gasteiger partial charge is 0.393 e. The van der Waals surface area contributed by atoms with Gasteiger partial charge in [-0.15, -0.1) is 11.8 Å². The van der Waals surface area contributed by atoms with Crippen LogP contribution in [0.2, 0.25) is 5.02 Å². The Balaban J connectivity index is 1.58. The Morgan fingerprint density at radius 1 is 1.24 bits per heavy atom. The summed E-state index contributed by atoms with van der Waals surface area (Å²) in [6.45, 7) is 0.747. The summed E-state index contributed by atoms with van der Waals surface area (Å²) in [7, 11) is 0. The second-order valence-corrected chi connectivity index (χ2v) is 7.14. The van der Waals surface area contributed by atoms with Gasteiger partial charge in [0.05, 0.1) is 6.10 Å². The maximum absolute atomic E-state index is 11.8. The van der Waals surface area contributed by atoms with Gasteiger partial charge in [0.25, 0.3) is 0 Å². The first-order chi connectivity index (χ1) is 10.1. The molecular formula is C16H22ClNO2S. The van der Waals surface area contributed by atoms with Gasteiger partial charge in [0, 0.05) is 28.6 Å². The fourth-order valence-electron chi connectivity index (χ4n) is 2.49. The Morgan fingerprint density at radius 2 is 1.90 bits per heavy atom. The van der Waals surface area contributed by atoms with E-state index in [9.17, 15) is 9.90 Å². The molecule has 21 heavy (non-hydrogen) atoms. The van der Waals surface area contributed by atoms with Gasteiger partial charge < -0.3 is 10.4 Å². The highest BCUT2D eigenvalue weighted by Crippen LogP contribution is 2.23. The molecule has 0 atom stereocenters. The van der Waals surface area contributed by atoms with Crippen LogP contribution in [-0.2, 0) is 4.79 Å². The molecule has 2 rings (SSSR count). The first kappa shape index (κ1) is 16.7. The summed E-state index contributed by atoms with van der Waals surface area (Å²) in [6.07, 6.45) is 4.16. The third kappa shape index (κ3) is 6.29. The number of aliphatic hydroxyl groups excluding tert-OH is 1. The minimum atomic E-state index is -0.132. The molecule has 1 aliphatic rings. The molecule has 0 unspecified atom stereocenters. The lowest BCUT2D eigenvalue weighted by atomic mass is 9.87. The highest BCUT2D eigenvalue weighted by molar-refractivity contribution is 7.99. The van der Waals surface area contributed by atoms with Crippen molar-refractivity contribution in [3.05, 3.63) is 29.3 Å². The summed E-state index contributed by atoms with van der Waals surface area (Å²) >= 11 is 7.50. The van der Waals surface area contributed by atoms with E-state index < -0.39 is 0 Å². The zero-order valence-corrected chi connectivity index (χ0v) is 13.6. The van der Waals surface area contributed by atoms with Crippen LogP contribution in [0, 0.1) is 5.92 Å². The van der Waals surface area contributed by atoms with Gasteiger partial charge in [0.2, 0.25) is 5.91 Å². The van der Waals surface area contributed by atoms with Crippen LogP contribution in [0.1, 0.15) is 32.1 Å². The van der Waals surface area contributed by atoms with Crippen molar-refractivity contribution in [2.24, 2.45) is 5.92 Å². The molecule has 3 nitrogen and oxygen atoms in total. The molecule has 116 valence electrons. The van der Waals surface area contributed by atoms with Crippen molar-refractivity contribution in [3.63, 3.8) is 0 Å². The summed E-state index contributed by atoms with van der Waals surface area (Å²) in [4.78, 5) is 12.9. The maximum atomic E-state index is 11.8. The van der Waals surface area contributed by atoms with Crippen molar-refractivity contribution in [1.82, 2.24) is 5.32 Å². The van der Waals surface area contributed by atoms with Crippen molar-refractivity contribution in [1.29, 1.82) is 0 Å². The fraction of sp³-hybridized carbons (Fsp3) is 0.562. The molecule has 0 bridgehead atoms. The van der Waals surface area contributed by atoms with E-state index in [1.807, 2.05) is 24.3 Å². The number of aliphatic hydroxyl groups is 1. The van der Waals surface area contributed by atoms with Crippen molar-refractivity contribution in [2.75, 3.05) is 12.3 Å². The molecule has 1 aliphatic carbocycles. The first-order valence-electron chi connectivity index (χ1n) is 7.46. The quantitative estimate of drug-likeness (QED) is 0.786. The predicted octanol–water partition coefficient (Wildman–Crippen LogP) is 3.49. The third-order valence-corrected chi connectivity index (χ3v) is 5.08. The molecule has 0 aliphatic heterocycles. The Bertz CT molecular complexity index is 444. The second kappa shape index (κ2) is 8.66. The molecule has 1 amide bonds. The van der Waals surface area contributed by atoms with Crippen LogP contribution in [0.4, 0.5) is 0 Å². The molecule has 2 N–H and O–H groups in total. The molecule has 1 fully saturated rings. The van der Waals surface area contributed by atoms with E-state index >= 15 is 0 Å². The van der Waals surface area contributed by atoms with E-state index in [2.05, 4.69) is 5.32 Å². The number of hydrogen-bond acceptors (Lipinski definition) is 3. The van der Waals surface area contributed by atoms with E-state index in [4.69, 9.17) is 11.6 Å². The lowest BCUT2D eigenvalue weighted by molar-refractivity contribution is -0.120. The Morgan fingerprint density at radius 3 is 2.57 bits per heavy atom. The minimum absolute atomic E-state index is 0.114. The number of carbonyl (C=O) groups is 1. The van der Waals surface area contributed by atoms with Crippen LogP contribution in [0.15, 0.2) is 29.2 Å². The molecule has 0 spiro atoms. The highest BCUT2D eigenvalue weighted by atomic mass is 35.5. The summed E-state index contributed by atoms with van der Waals surface area (Å²) in [6, 6.07) is 7.67. The first-order valence-corrected chi connectivity index (χ1v) is 8.83. The fourth-order valence-corrected chi connectivity index (χ4v) is 3.47. The number of amides is 1. The van der Waals surface area contributed by atoms with Gasteiger partial charge in [0.15, 0.2) is 0 Å². The van der Waals surface area contributed by atoms with E-state index in [0.29, 0.717) is 12.3 Å². The SMILES string of the molecule is O=C(CCSc1ccc(Cl)cc1)NCC1CCC(O)CC1. The van der Waals surface area contributed by atoms with Gasteiger partial charge in [0.1, 0.15) is 0 Å². The van der Waals surface area contributed by atoms with Crippen LogP contribution in [0.3, 0.4) is 0 Å². The van der Waals surface area contributed by atoms with Gasteiger partial charge in [-0.2, -0.15) is 0 Å². The smallest absolute Gasteiger partial charge is 0.220 e. The van der Waals surface area contributed by atoms with Crippen molar-refractivity contribution in [2.45, 2.75) is 43.1 Å². The topological polar surface area (TPSA) is 49.3 Å². The maximum Gasteiger partial charge on any atom is 0.220 e. The highest BCUT2D eigenvalue weighted by Gasteiger charge is 2.19. The van der Waals surface area contributed by atoms with Crippen LogP contribution in [0.5, 0.6) is 0 Å². The normalized spacial score (nSPS) is 22.0. The Labute approximate surface area is 135 Å². The van der Waals surface area contributed by atoms with Crippen LogP contribution in [-0.4, -0.2) is 29.4 Å². The average molecular weight is 328 g/mol. The van der Waals surface area contributed by atoms with E-state index in [-0.39, 0.29) is 12.0 Å².